The molecule has 1 aromatic rings. The highest BCUT2D eigenvalue weighted by Crippen LogP contribution is 2.38. The largest absolute Gasteiger partial charge is 0.493 e. The molecule has 0 amide bonds. The van der Waals surface area contributed by atoms with Crippen molar-refractivity contribution in [1.29, 1.82) is 0 Å². The van der Waals surface area contributed by atoms with E-state index in [0.29, 0.717) is 5.92 Å². The standard InChI is InChI=1S/C15H21NO2/c1-10-12(7-9-17-10)14(16)13-6-2-4-11-5-3-8-18-15(11)13/h2,4,6,10,12,14H,3,5,7-9,16H2,1H3. The molecule has 0 radical (unpaired) electrons. The van der Waals surface area contributed by atoms with Crippen molar-refractivity contribution in [3.05, 3.63) is 29.3 Å². The molecule has 98 valence electrons. The van der Waals surface area contributed by atoms with Crippen LogP contribution in [0.5, 0.6) is 5.75 Å². The van der Waals surface area contributed by atoms with Crippen LogP contribution in [0, 0.1) is 5.92 Å². The van der Waals surface area contributed by atoms with Crippen LogP contribution in [0.25, 0.3) is 0 Å². The molecule has 3 atom stereocenters. The summed E-state index contributed by atoms with van der Waals surface area (Å²) < 4.78 is 11.5. The van der Waals surface area contributed by atoms with E-state index in [1.165, 1.54) is 5.56 Å². The highest BCUT2D eigenvalue weighted by Gasteiger charge is 2.32. The predicted octanol–water partition coefficient (Wildman–Crippen LogP) is 2.44. The summed E-state index contributed by atoms with van der Waals surface area (Å²) >= 11 is 0. The van der Waals surface area contributed by atoms with E-state index in [1.807, 2.05) is 0 Å². The van der Waals surface area contributed by atoms with Gasteiger partial charge in [0.25, 0.3) is 0 Å². The molecule has 2 heterocycles. The quantitative estimate of drug-likeness (QED) is 0.873. The Morgan fingerprint density at radius 1 is 1.33 bits per heavy atom. The molecular formula is C15H21NO2. The Hall–Kier alpha value is -1.06. The van der Waals surface area contributed by atoms with Gasteiger partial charge in [0.15, 0.2) is 0 Å². The first-order valence-corrected chi connectivity index (χ1v) is 6.89. The second-order valence-corrected chi connectivity index (χ2v) is 5.34. The lowest BCUT2D eigenvalue weighted by atomic mass is 9.87. The number of ether oxygens (including phenoxy) is 2. The number of hydrogen-bond acceptors (Lipinski definition) is 3. The fourth-order valence-electron chi connectivity index (χ4n) is 3.13. The van der Waals surface area contributed by atoms with Gasteiger partial charge in [-0.1, -0.05) is 18.2 Å². The average molecular weight is 247 g/mol. The molecular weight excluding hydrogens is 226 g/mol. The monoisotopic (exact) mass is 247 g/mol. The molecule has 0 aromatic heterocycles. The number of hydrogen-bond donors (Lipinski definition) is 1. The van der Waals surface area contributed by atoms with Crippen LogP contribution in [0.3, 0.4) is 0 Å². The number of aryl methyl sites for hydroxylation is 1. The lowest BCUT2D eigenvalue weighted by Gasteiger charge is -2.27. The molecule has 3 unspecified atom stereocenters. The van der Waals surface area contributed by atoms with Crippen molar-refractivity contribution in [2.45, 2.75) is 38.3 Å². The van der Waals surface area contributed by atoms with Crippen molar-refractivity contribution in [2.24, 2.45) is 11.7 Å². The van der Waals surface area contributed by atoms with E-state index in [1.54, 1.807) is 0 Å². The number of para-hydroxylation sites is 1. The van der Waals surface area contributed by atoms with Crippen LogP contribution < -0.4 is 10.5 Å². The van der Waals surface area contributed by atoms with Crippen LogP contribution in [0.4, 0.5) is 0 Å². The smallest absolute Gasteiger partial charge is 0.127 e. The van der Waals surface area contributed by atoms with Gasteiger partial charge in [-0.3, -0.25) is 0 Å². The SMILES string of the molecule is CC1OCCC1C(N)c1cccc2c1OCCC2. The Morgan fingerprint density at radius 3 is 3.00 bits per heavy atom. The zero-order chi connectivity index (χ0) is 12.5. The Bertz CT molecular complexity index is 433. The molecule has 1 saturated heterocycles. The molecule has 2 N–H and O–H groups in total. The van der Waals surface area contributed by atoms with Crippen LogP contribution in [0.2, 0.25) is 0 Å². The Kier molecular flexibility index (Phi) is 3.27. The molecule has 0 saturated carbocycles. The van der Waals surface area contributed by atoms with Crippen molar-refractivity contribution < 1.29 is 9.47 Å². The summed E-state index contributed by atoms with van der Waals surface area (Å²) in [6.45, 7) is 3.76. The molecule has 18 heavy (non-hydrogen) atoms. The first kappa shape index (κ1) is 12.0. The maximum absolute atomic E-state index is 6.45. The summed E-state index contributed by atoms with van der Waals surface area (Å²) in [6, 6.07) is 6.39. The van der Waals surface area contributed by atoms with Crippen molar-refractivity contribution >= 4 is 0 Å². The Morgan fingerprint density at radius 2 is 2.22 bits per heavy atom. The van der Waals surface area contributed by atoms with E-state index in [4.69, 9.17) is 15.2 Å². The molecule has 0 bridgehead atoms. The average Bonchev–Trinajstić information content (AvgIpc) is 2.83. The summed E-state index contributed by atoms with van der Waals surface area (Å²) in [5.74, 6) is 1.44. The third-order valence-electron chi connectivity index (χ3n) is 4.22. The molecule has 0 spiro atoms. The van der Waals surface area contributed by atoms with Gasteiger partial charge >= 0.3 is 0 Å². The fourth-order valence-corrected chi connectivity index (χ4v) is 3.13. The topological polar surface area (TPSA) is 44.5 Å². The van der Waals surface area contributed by atoms with Crippen LogP contribution >= 0.6 is 0 Å². The van der Waals surface area contributed by atoms with Gasteiger partial charge in [-0.05, 0) is 31.7 Å². The Labute approximate surface area is 108 Å². The summed E-state index contributed by atoms with van der Waals surface area (Å²) in [5, 5.41) is 0. The fraction of sp³-hybridized carbons (Fsp3) is 0.600. The minimum atomic E-state index is 0.0237. The third-order valence-corrected chi connectivity index (χ3v) is 4.22. The highest BCUT2D eigenvalue weighted by atomic mass is 16.5. The third kappa shape index (κ3) is 2.02. The first-order chi connectivity index (χ1) is 8.77. The van der Waals surface area contributed by atoms with Gasteiger partial charge < -0.3 is 15.2 Å². The van der Waals surface area contributed by atoms with E-state index >= 15 is 0 Å². The zero-order valence-corrected chi connectivity index (χ0v) is 10.9. The number of rotatable bonds is 2. The molecule has 2 aliphatic heterocycles. The molecule has 3 nitrogen and oxygen atoms in total. The van der Waals surface area contributed by atoms with Crippen molar-refractivity contribution in [2.75, 3.05) is 13.2 Å². The van der Waals surface area contributed by atoms with E-state index in [2.05, 4.69) is 25.1 Å². The van der Waals surface area contributed by atoms with E-state index < -0.39 is 0 Å². The van der Waals surface area contributed by atoms with Crippen molar-refractivity contribution in [1.82, 2.24) is 0 Å². The number of fused-ring (bicyclic) bond motifs is 1. The van der Waals surface area contributed by atoms with Gasteiger partial charge in [-0.2, -0.15) is 0 Å². The van der Waals surface area contributed by atoms with Crippen LogP contribution in [-0.2, 0) is 11.2 Å². The second-order valence-electron chi connectivity index (χ2n) is 5.34. The van der Waals surface area contributed by atoms with E-state index in [9.17, 15) is 0 Å². The lowest BCUT2D eigenvalue weighted by Crippen LogP contribution is -2.27. The van der Waals surface area contributed by atoms with Crippen LogP contribution in [-0.4, -0.2) is 19.3 Å². The van der Waals surface area contributed by atoms with Gasteiger partial charge in [-0.25, -0.2) is 0 Å². The second kappa shape index (κ2) is 4.90. The van der Waals surface area contributed by atoms with Gasteiger partial charge in [0.05, 0.1) is 12.7 Å². The lowest BCUT2D eigenvalue weighted by molar-refractivity contribution is 0.0991. The predicted molar refractivity (Wildman–Crippen MR) is 70.7 cm³/mol. The van der Waals surface area contributed by atoms with Crippen LogP contribution in [0.15, 0.2) is 18.2 Å². The molecule has 1 fully saturated rings. The number of nitrogens with two attached hydrogens (primary N) is 1. The minimum absolute atomic E-state index is 0.0237. The van der Waals surface area contributed by atoms with Gasteiger partial charge in [0, 0.05) is 24.1 Å². The minimum Gasteiger partial charge on any atom is -0.493 e. The molecule has 3 heteroatoms. The van der Waals surface area contributed by atoms with Crippen molar-refractivity contribution in [3.8, 4) is 5.75 Å². The van der Waals surface area contributed by atoms with Gasteiger partial charge in [0.1, 0.15) is 5.75 Å². The molecule has 0 aliphatic carbocycles. The highest BCUT2D eigenvalue weighted by molar-refractivity contribution is 5.44. The summed E-state index contributed by atoms with van der Waals surface area (Å²) in [5.41, 5.74) is 8.92. The molecule has 1 aromatic carbocycles. The van der Waals surface area contributed by atoms with Gasteiger partial charge in [0.2, 0.25) is 0 Å². The van der Waals surface area contributed by atoms with Crippen molar-refractivity contribution in [3.63, 3.8) is 0 Å². The molecule has 3 rings (SSSR count). The van der Waals surface area contributed by atoms with E-state index in [-0.39, 0.29) is 12.1 Å². The number of benzene rings is 1. The van der Waals surface area contributed by atoms with E-state index in [0.717, 1.165) is 43.8 Å². The van der Waals surface area contributed by atoms with Gasteiger partial charge in [-0.15, -0.1) is 0 Å². The maximum Gasteiger partial charge on any atom is 0.127 e. The first-order valence-electron chi connectivity index (χ1n) is 6.89. The summed E-state index contributed by atoms with van der Waals surface area (Å²) in [4.78, 5) is 0. The zero-order valence-electron chi connectivity index (χ0n) is 10.9. The Balaban J connectivity index is 1.91. The normalized spacial score (nSPS) is 28.6. The van der Waals surface area contributed by atoms with Crippen LogP contribution in [0.1, 0.15) is 36.9 Å². The molecule has 2 aliphatic rings. The maximum atomic E-state index is 6.45. The summed E-state index contributed by atoms with van der Waals surface area (Å²) in [6.07, 6.45) is 3.51. The summed E-state index contributed by atoms with van der Waals surface area (Å²) in [7, 11) is 0.